The van der Waals surface area contributed by atoms with Gasteiger partial charge in [0.25, 0.3) is 0 Å². The van der Waals surface area contributed by atoms with Crippen molar-refractivity contribution in [2.24, 2.45) is 17.3 Å². The minimum Gasteiger partial charge on any atom is -0.508 e. The van der Waals surface area contributed by atoms with Crippen LogP contribution in [0.15, 0.2) is 35.9 Å². The van der Waals surface area contributed by atoms with Crippen LogP contribution in [-0.4, -0.2) is 5.11 Å². The van der Waals surface area contributed by atoms with Crippen LogP contribution in [0.2, 0.25) is 0 Å². The fourth-order valence-electron chi connectivity index (χ4n) is 4.52. The Morgan fingerprint density at radius 3 is 2.50 bits per heavy atom. The van der Waals surface area contributed by atoms with Gasteiger partial charge in [-0.05, 0) is 73.0 Å². The smallest absolute Gasteiger partial charge is 0.115 e. The third kappa shape index (κ3) is 4.73. The van der Waals surface area contributed by atoms with Gasteiger partial charge in [0.05, 0.1) is 0 Å². The average Bonchev–Trinajstić information content (AvgIpc) is 2.59. The average molecular weight is 353 g/mol. The summed E-state index contributed by atoms with van der Waals surface area (Å²) in [6.45, 7) is 11.5. The van der Waals surface area contributed by atoms with E-state index in [-0.39, 0.29) is 5.41 Å². The lowest BCUT2D eigenvalue weighted by molar-refractivity contribution is -0.00579. The maximum atomic E-state index is 9.46. The molecule has 1 aromatic rings. The molecule has 0 amide bonds. The molecule has 3 aliphatic carbocycles. The lowest BCUT2D eigenvalue weighted by atomic mass is 9.49. The highest BCUT2D eigenvalue weighted by molar-refractivity contribution is 5.32. The zero-order valence-corrected chi connectivity index (χ0v) is 17.3. The van der Waals surface area contributed by atoms with Crippen molar-refractivity contribution < 1.29 is 5.11 Å². The molecule has 0 radical (unpaired) electrons. The van der Waals surface area contributed by atoms with Crippen LogP contribution in [-0.2, 0) is 5.41 Å². The third-order valence-electron chi connectivity index (χ3n) is 6.75. The highest BCUT2D eigenvalue weighted by Gasteiger charge is 2.49. The second kappa shape index (κ2) is 8.34. The Labute approximate surface area is 160 Å². The predicted molar refractivity (Wildman–Crippen MR) is 112 cm³/mol. The highest BCUT2D eigenvalue weighted by Crippen LogP contribution is 2.58. The quantitative estimate of drug-likeness (QED) is 0.348. The second-order valence-electron chi connectivity index (χ2n) is 9.34. The summed E-state index contributed by atoms with van der Waals surface area (Å²) in [6.07, 6.45) is 14.6. The van der Waals surface area contributed by atoms with Gasteiger partial charge in [0.15, 0.2) is 0 Å². The van der Waals surface area contributed by atoms with Crippen molar-refractivity contribution in [1.82, 2.24) is 0 Å². The fraction of sp³-hybridized carbons (Fsp3) is 0.600. The zero-order valence-electron chi connectivity index (χ0n) is 17.3. The number of hydrogen-bond acceptors (Lipinski definition) is 1. The minimum absolute atomic E-state index is 0.105. The van der Waals surface area contributed by atoms with Gasteiger partial charge < -0.3 is 5.11 Å². The van der Waals surface area contributed by atoms with E-state index in [2.05, 4.69) is 52.7 Å². The van der Waals surface area contributed by atoms with Crippen molar-refractivity contribution >= 4 is 0 Å². The lowest BCUT2D eigenvalue weighted by Gasteiger charge is -2.56. The predicted octanol–water partition coefficient (Wildman–Crippen LogP) is 6.86. The molecule has 0 heterocycles. The van der Waals surface area contributed by atoms with Crippen LogP contribution in [0.4, 0.5) is 0 Å². The monoisotopic (exact) mass is 352 g/mol. The summed E-state index contributed by atoms with van der Waals surface area (Å²) in [5.41, 5.74) is 3.58. The fourth-order valence-corrected chi connectivity index (χ4v) is 4.52. The van der Waals surface area contributed by atoms with Crippen LogP contribution in [0.1, 0.15) is 78.7 Å². The van der Waals surface area contributed by atoms with Crippen molar-refractivity contribution in [3.63, 3.8) is 0 Å². The van der Waals surface area contributed by atoms with E-state index in [1.54, 1.807) is 11.6 Å². The van der Waals surface area contributed by atoms with E-state index in [1.165, 1.54) is 18.4 Å². The molecule has 1 nitrogen and oxygen atoms in total. The summed E-state index contributed by atoms with van der Waals surface area (Å²) >= 11 is 0. The first-order valence-electron chi connectivity index (χ1n) is 10.1. The Morgan fingerprint density at radius 2 is 2.00 bits per heavy atom. The first-order chi connectivity index (χ1) is 12.2. The number of terminal acetylenes is 1. The molecule has 1 saturated carbocycles. The van der Waals surface area contributed by atoms with Gasteiger partial charge in [0, 0.05) is 6.42 Å². The Bertz CT molecular complexity index is 672. The largest absolute Gasteiger partial charge is 0.508 e. The molecule has 0 spiro atoms. The van der Waals surface area contributed by atoms with Gasteiger partial charge in [-0.25, -0.2) is 0 Å². The molecule has 1 aromatic carbocycles. The molecule has 0 saturated heterocycles. The first kappa shape index (κ1) is 20.6. The van der Waals surface area contributed by atoms with E-state index in [0.717, 1.165) is 37.5 Å². The summed E-state index contributed by atoms with van der Waals surface area (Å²) in [6, 6.07) is 7.52. The van der Waals surface area contributed by atoms with Crippen LogP contribution >= 0.6 is 0 Å². The molecule has 0 aliphatic heterocycles. The van der Waals surface area contributed by atoms with Gasteiger partial charge in [0.1, 0.15) is 5.75 Å². The van der Waals surface area contributed by atoms with Crippen molar-refractivity contribution in [3.05, 3.63) is 41.5 Å². The molecule has 3 aliphatic rings. The minimum atomic E-state index is 0.105. The van der Waals surface area contributed by atoms with E-state index in [9.17, 15) is 5.11 Å². The molecule has 26 heavy (non-hydrogen) atoms. The normalized spacial score (nSPS) is 23.0. The first-order valence-corrected chi connectivity index (χ1v) is 10.1. The van der Waals surface area contributed by atoms with Gasteiger partial charge in [-0.2, -0.15) is 0 Å². The summed E-state index contributed by atoms with van der Waals surface area (Å²) in [5, 5.41) is 9.46. The Kier molecular flexibility index (Phi) is 6.62. The van der Waals surface area contributed by atoms with Crippen molar-refractivity contribution in [2.75, 3.05) is 0 Å². The van der Waals surface area contributed by atoms with Gasteiger partial charge in [-0.1, -0.05) is 57.9 Å². The van der Waals surface area contributed by atoms with E-state index in [0.29, 0.717) is 11.2 Å². The standard InChI is InChI=1S/C15H20O.C10H16/c1-4-5-6-7-11-15(2,3)13-9-8-10-14(16)12-13;1-7-4-5-8-6-9(7)10(8,2)3/h1,8-10,12,16H,5-7,11H2,2-3H3;4,8-9H,5-6H2,1-3H3. The number of fused-ring (bicyclic) bond motifs is 1. The molecular formula is C25H36O. The van der Waals surface area contributed by atoms with Crippen LogP contribution in [0.5, 0.6) is 5.75 Å². The summed E-state index contributed by atoms with van der Waals surface area (Å²) in [5.74, 6) is 4.93. The number of benzene rings is 1. The van der Waals surface area contributed by atoms with Gasteiger partial charge in [0.2, 0.25) is 0 Å². The van der Waals surface area contributed by atoms with Crippen LogP contribution < -0.4 is 0 Å². The number of phenolic OH excluding ortho intramolecular Hbond substituents is 1. The number of aromatic hydroxyl groups is 1. The number of unbranched alkanes of at least 4 members (excludes halogenated alkanes) is 2. The highest BCUT2D eigenvalue weighted by atomic mass is 16.3. The van der Waals surface area contributed by atoms with Crippen LogP contribution in [0, 0.1) is 29.6 Å². The maximum Gasteiger partial charge on any atom is 0.115 e. The molecule has 1 fully saturated rings. The topological polar surface area (TPSA) is 20.2 Å². The Hall–Kier alpha value is -1.68. The van der Waals surface area contributed by atoms with Gasteiger partial charge in [-0.3, -0.25) is 0 Å². The third-order valence-corrected chi connectivity index (χ3v) is 6.75. The second-order valence-corrected chi connectivity index (χ2v) is 9.34. The molecule has 1 heteroatoms. The van der Waals surface area contributed by atoms with Crippen molar-refractivity contribution in [2.45, 2.75) is 78.6 Å². The molecular weight excluding hydrogens is 316 g/mol. The molecule has 2 bridgehead atoms. The van der Waals surface area contributed by atoms with E-state index >= 15 is 0 Å². The molecule has 2 unspecified atom stereocenters. The number of allylic oxidation sites excluding steroid dienone is 2. The van der Waals surface area contributed by atoms with E-state index in [1.807, 2.05) is 12.1 Å². The SMILES string of the molecule is C#CCCCCC(C)(C)c1cccc(O)c1.CC1=CCC2CC1C2(C)C. The van der Waals surface area contributed by atoms with E-state index in [4.69, 9.17) is 6.42 Å². The maximum absolute atomic E-state index is 9.46. The lowest BCUT2D eigenvalue weighted by Crippen LogP contribution is -2.47. The van der Waals surface area contributed by atoms with Crippen molar-refractivity contribution in [3.8, 4) is 18.1 Å². The summed E-state index contributed by atoms with van der Waals surface area (Å²) in [7, 11) is 0. The van der Waals surface area contributed by atoms with Gasteiger partial charge in [-0.15, -0.1) is 12.3 Å². The Morgan fingerprint density at radius 1 is 1.27 bits per heavy atom. The van der Waals surface area contributed by atoms with Crippen LogP contribution in [0.25, 0.3) is 0 Å². The van der Waals surface area contributed by atoms with Gasteiger partial charge >= 0.3 is 0 Å². The van der Waals surface area contributed by atoms with Crippen LogP contribution in [0.3, 0.4) is 0 Å². The van der Waals surface area contributed by atoms with Crippen molar-refractivity contribution in [1.29, 1.82) is 0 Å². The zero-order chi connectivity index (χ0) is 19.4. The molecule has 142 valence electrons. The molecule has 4 rings (SSSR count). The summed E-state index contributed by atoms with van der Waals surface area (Å²) in [4.78, 5) is 0. The molecule has 1 N–H and O–H groups in total. The number of rotatable bonds is 5. The molecule has 0 aromatic heterocycles. The number of hydrogen-bond donors (Lipinski definition) is 1. The summed E-state index contributed by atoms with van der Waals surface area (Å²) < 4.78 is 0. The Balaban J connectivity index is 0.000000206. The molecule has 2 atom stereocenters. The van der Waals surface area contributed by atoms with E-state index < -0.39 is 0 Å². The number of phenols is 1.